The van der Waals surface area contributed by atoms with Crippen LogP contribution in [-0.4, -0.2) is 55.6 Å². The minimum Gasteiger partial charge on any atom is -0.462 e. The minimum absolute atomic E-state index is 0.0888. The SMILES string of the molecule is CCOC(=O)c1cn[nH]c1S(=O)(=O)N(C)Cc1ccc(N2CCCCC2)cc1. The van der Waals surface area contributed by atoms with Crippen LogP contribution in [0.2, 0.25) is 0 Å². The molecule has 2 aromatic rings. The van der Waals surface area contributed by atoms with Crippen LogP contribution in [0.5, 0.6) is 0 Å². The maximum absolute atomic E-state index is 12.9. The van der Waals surface area contributed by atoms with Gasteiger partial charge in [-0.2, -0.15) is 9.40 Å². The van der Waals surface area contributed by atoms with Crippen molar-refractivity contribution in [1.82, 2.24) is 14.5 Å². The highest BCUT2D eigenvalue weighted by Crippen LogP contribution is 2.23. The number of benzene rings is 1. The number of rotatable bonds is 7. The van der Waals surface area contributed by atoms with Gasteiger partial charge in [-0.3, -0.25) is 5.10 Å². The molecule has 9 heteroatoms. The van der Waals surface area contributed by atoms with Crippen molar-refractivity contribution in [2.45, 2.75) is 37.8 Å². The number of carbonyl (C=O) groups is 1. The van der Waals surface area contributed by atoms with E-state index in [9.17, 15) is 13.2 Å². The van der Waals surface area contributed by atoms with Crippen LogP contribution in [0.1, 0.15) is 42.1 Å². The van der Waals surface area contributed by atoms with Crippen LogP contribution in [0, 0.1) is 0 Å². The number of hydrogen-bond acceptors (Lipinski definition) is 6. The molecule has 1 fully saturated rings. The molecule has 8 nitrogen and oxygen atoms in total. The second-order valence-electron chi connectivity index (χ2n) is 6.81. The number of ether oxygens (including phenoxy) is 1. The summed E-state index contributed by atoms with van der Waals surface area (Å²) in [4.78, 5) is 14.3. The molecule has 1 aliphatic rings. The lowest BCUT2D eigenvalue weighted by Crippen LogP contribution is -2.29. The van der Waals surface area contributed by atoms with E-state index in [0.717, 1.165) is 24.3 Å². The van der Waals surface area contributed by atoms with E-state index in [-0.39, 0.29) is 23.7 Å². The van der Waals surface area contributed by atoms with Gasteiger partial charge in [0.25, 0.3) is 10.0 Å². The van der Waals surface area contributed by atoms with Gasteiger partial charge in [-0.05, 0) is 43.9 Å². The fraction of sp³-hybridized carbons (Fsp3) is 0.474. The number of esters is 1. The number of nitrogens with zero attached hydrogens (tertiary/aromatic N) is 3. The maximum atomic E-state index is 12.9. The summed E-state index contributed by atoms with van der Waals surface area (Å²) < 4.78 is 31.9. The normalized spacial score (nSPS) is 15.0. The van der Waals surface area contributed by atoms with Gasteiger partial charge in [0.2, 0.25) is 0 Å². The number of anilines is 1. The number of hydrogen-bond donors (Lipinski definition) is 1. The van der Waals surface area contributed by atoms with E-state index in [2.05, 4.69) is 15.1 Å². The molecular formula is C19H26N4O4S. The maximum Gasteiger partial charge on any atom is 0.342 e. The summed E-state index contributed by atoms with van der Waals surface area (Å²) in [6, 6.07) is 7.94. The number of nitrogens with one attached hydrogen (secondary N) is 1. The van der Waals surface area contributed by atoms with Gasteiger partial charge in [-0.25, -0.2) is 13.2 Å². The lowest BCUT2D eigenvalue weighted by atomic mass is 10.1. The molecule has 0 bridgehead atoms. The predicted octanol–water partition coefficient (Wildman–Crippen LogP) is 2.40. The number of H-pyrrole nitrogens is 1. The molecule has 0 unspecified atom stereocenters. The van der Waals surface area contributed by atoms with Crippen LogP contribution < -0.4 is 4.90 Å². The number of piperidine rings is 1. The average Bonchev–Trinajstić information content (AvgIpc) is 3.20. The zero-order chi connectivity index (χ0) is 20.1. The first-order valence-electron chi connectivity index (χ1n) is 9.44. The van der Waals surface area contributed by atoms with Crippen LogP contribution in [0.3, 0.4) is 0 Å². The van der Waals surface area contributed by atoms with E-state index in [0.29, 0.717) is 0 Å². The Hall–Kier alpha value is -2.39. The van der Waals surface area contributed by atoms with E-state index in [1.165, 1.54) is 36.8 Å². The Kier molecular flexibility index (Phi) is 6.35. The molecule has 1 saturated heterocycles. The number of sulfonamides is 1. The molecule has 3 rings (SSSR count). The molecular weight excluding hydrogens is 380 g/mol. The Balaban J connectivity index is 1.72. The van der Waals surface area contributed by atoms with Gasteiger partial charge >= 0.3 is 5.97 Å². The Morgan fingerprint density at radius 3 is 2.54 bits per heavy atom. The standard InChI is InChI=1S/C19H26N4O4S/c1-3-27-19(24)17-13-20-21-18(17)28(25,26)22(2)14-15-7-9-16(10-8-15)23-11-5-4-6-12-23/h7-10,13H,3-6,11-12,14H2,1-2H3,(H,20,21). The van der Waals surface area contributed by atoms with Gasteiger partial charge in [0.1, 0.15) is 5.56 Å². The first-order chi connectivity index (χ1) is 13.4. The molecule has 0 amide bonds. The molecule has 1 aromatic carbocycles. The zero-order valence-electron chi connectivity index (χ0n) is 16.2. The zero-order valence-corrected chi connectivity index (χ0v) is 17.0. The van der Waals surface area contributed by atoms with E-state index in [1.54, 1.807) is 6.92 Å². The predicted molar refractivity (Wildman–Crippen MR) is 106 cm³/mol. The number of aromatic nitrogens is 2. The summed E-state index contributed by atoms with van der Waals surface area (Å²) in [5, 5.41) is 5.87. The van der Waals surface area contributed by atoms with Crippen molar-refractivity contribution in [3.63, 3.8) is 0 Å². The van der Waals surface area contributed by atoms with Crippen molar-refractivity contribution < 1.29 is 17.9 Å². The quantitative estimate of drug-likeness (QED) is 0.710. The summed E-state index contributed by atoms with van der Waals surface area (Å²) in [6.07, 6.45) is 4.86. The van der Waals surface area contributed by atoms with Crippen LogP contribution in [0.15, 0.2) is 35.5 Å². The molecule has 0 saturated carbocycles. The van der Waals surface area contributed by atoms with Gasteiger partial charge in [-0.1, -0.05) is 12.1 Å². The van der Waals surface area contributed by atoms with Crippen molar-refractivity contribution in [3.05, 3.63) is 41.6 Å². The van der Waals surface area contributed by atoms with E-state index < -0.39 is 16.0 Å². The van der Waals surface area contributed by atoms with Gasteiger partial charge in [0, 0.05) is 32.4 Å². The second-order valence-corrected chi connectivity index (χ2v) is 8.79. The first-order valence-corrected chi connectivity index (χ1v) is 10.9. The van der Waals surface area contributed by atoms with Crippen molar-refractivity contribution in [2.24, 2.45) is 0 Å². The highest BCUT2D eigenvalue weighted by atomic mass is 32.2. The van der Waals surface area contributed by atoms with Crippen molar-refractivity contribution >= 4 is 21.7 Å². The van der Waals surface area contributed by atoms with Crippen molar-refractivity contribution in [1.29, 1.82) is 0 Å². The summed E-state index contributed by atoms with van der Waals surface area (Å²) >= 11 is 0. The van der Waals surface area contributed by atoms with E-state index >= 15 is 0 Å². The Bertz CT molecular complexity index is 902. The summed E-state index contributed by atoms with van der Waals surface area (Å²) in [6.45, 7) is 4.12. The van der Waals surface area contributed by atoms with Crippen molar-refractivity contribution in [2.75, 3.05) is 31.6 Å². The average molecular weight is 407 g/mol. The van der Waals surface area contributed by atoms with Crippen molar-refractivity contribution in [3.8, 4) is 0 Å². The molecule has 152 valence electrons. The molecule has 1 aliphatic heterocycles. The monoisotopic (exact) mass is 406 g/mol. The third-order valence-electron chi connectivity index (χ3n) is 4.83. The molecule has 0 radical (unpaired) electrons. The first kappa shape index (κ1) is 20.3. The number of carbonyl (C=O) groups excluding carboxylic acids is 1. The molecule has 1 N–H and O–H groups in total. The van der Waals surface area contributed by atoms with Gasteiger partial charge in [0.05, 0.1) is 12.8 Å². The summed E-state index contributed by atoms with van der Waals surface area (Å²) in [5.41, 5.74) is 1.94. The Morgan fingerprint density at radius 1 is 1.21 bits per heavy atom. The fourth-order valence-electron chi connectivity index (χ4n) is 3.29. The second kappa shape index (κ2) is 8.74. The highest BCUT2D eigenvalue weighted by molar-refractivity contribution is 7.89. The van der Waals surface area contributed by atoms with E-state index in [4.69, 9.17) is 4.74 Å². The topological polar surface area (TPSA) is 95.6 Å². The van der Waals surface area contributed by atoms with Gasteiger partial charge in [0.15, 0.2) is 5.03 Å². The molecule has 0 aliphatic carbocycles. The lowest BCUT2D eigenvalue weighted by molar-refractivity contribution is 0.0521. The van der Waals surface area contributed by atoms with Crippen LogP contribution in [0.4, 0.5) is 5.69 Å². The molecule has 0 spiro atoms. The van der Waals surface area contributed by atoms with Crippen LogP contribution in [-0.2, 0) is 21.3 Å². The number of aromatic amines is 1. The summed E-state index contributed by atoms with van der Waals surface area (Å²) in [7, 11) is -2.44. The molecule has 0 atom stereocenters. The smallest absolute Gasteiger partial charge is 0.342 e. The molecule has 28 heavy (non-hydrogen) atoms. The van der Waals surface area contributed by atoms with E-state index in [1.807, 2.05) is 24.3 Å². The highest BCUT2D eigenvalue weighted by Gasteiger charge is 2.29. The largest absolute Gasteiger partial charge is 0.462 e. The van der Waals surface area contributed by atoms with Crippen LogP contribution >= 0.6 is 0 Å². The third-order valence-corrected chi connectivity index (χ3v) is 6.61. The molecule has 2 heterocycles. The fourth-order valence-corrected chi connectivity index (χ4v) is 4.50. The van der Waals surface area contributed by atoms with Gasteiger partial charge < -0.3 is 9.64 Å². The molecule has 1 aromatic heterocycles. The van der Waals surface area contributed by atoms with Gasteiger partial charge in [-0.15, -0.1) is 0 Å². The minimum atomic E-state index is -3.91. The Labute approximate surface area is 165 Å². The Morgan fingerprint density at radius 2 is 1.89 bits per heavy atom. The van der Waals surface area contributed by atoms with Crippen LogP contribution in [0.25, 0.3) is 0 Å². The lowest BCUT2D eigenvalue weighted by Gasteiger charge is -2.29. The summed E-state index contributed by atoms with van der Waals surface area (Å²) in [5.74, 6) is -0.714. The third kappa shape index (κ3) is 4.36.